The molecule has 6 rings (SSSR count). The van der Waals surface area contributed by atoms with Gasteiger partial charge in [0.2, 0.25) is 0 Å². The Balaban J connectivity index is 1.16. The molecule has 1 N–H and O–H groups in total. The van der Waals surface area contributed by atoms with Crippen molar-refractivity contribution in [3.8, 4) is 16.9 Å². The van der Waals surface area contributed by atoms with Crippen LogP contribution in [0.4, 0.5) is 5.69 Å². The highest BCUT2D eigenvalue weighted by Gasteiger charge is 2.33. The number of hydrogen-bond acceptors (Lipinski definition) is 8. The van der Waals surface area contributed by atoms with Crippen molar-refractivity contribution < 1.29 is 28.6 Å². The first-order valence-electron chi connectivity index (χ1n) is 14.4. The number of ether oxygens (including phenoxy) is 2. The van der Waals surface area contributed by atoms with Gasteiger partial charge in [0.25, 0.3) is 5.89 Å². The number of amides is 1. The number of carboxylic acid groups (broad SMARTS) is 1. The summed E-state index contributed by atoms with van der Waals surface area (Å²) in [5.41, 5.74) is 6.02. The molecule has 4 heterocycles. The maximum atomic E-state index is 13.5. The van der Waals surface area contributed by atoms with Gasteiger partial charge in [0.05, 0.1) is 38.6 Å². The van der Waals surface area contributed by atoms with Gasteiger partial charge in [0, 0.05) is 44.8 Å². The summed E-state index contributed by atoms with van der Waals surface area (Å²) < 4.78 is 17.5. The van der Waals surface area contributed by atoms with Crippen LogP contribution in [0.15, 0.2) is 40.8 Å². The Labute approximate surface area is 239 Å². The predicted octanol–water partition coefficient (Wildman–Crippen LogP) is 3.40. The third-order valence-corrected chi connectivity index (χ3v) is 8.18. The molecule has 1 amide bonds. The molecule has 10 nitrogen and oxygen atoms in total. The van der Waals surface area contributed by atoms with E-state index in [-0.39, 0.29) is 18.3 Å². The van der Waals surface area contributed by atoms with Crippen molar-refractivity contribution in [3.63, 3.8) is 0 Å². The lowest BCUT2D eigenvalue weighted by Crippen LogP contribution is -2.37. The van der Waals surface area contributed by atoms with E-state index in [0.29, 0.717) is 38.4 Å². The fourth-order valence-electron chi connectivity index (χ4n) is 6.04. The normalized spacial score (nSPS) is 17.3. The number of rotatable bonds is 9. The third kappa shape index (κ3) is 5.86. The Morgan fingerprint density at radius 1 is 1.00 bits per heavy atom. The first-order chi connectivity index (χ1) is 20.0. The summed E-state index contributed by atoms with van der Waals surface area (Å²) in [5.74, 6) is 0.370. The van der Waals surface area contributed by atoms with E-state index in [1.165, 1.54) is 0 Å². The Morgan fingerprint density at radius 2 is 1.80 bits per heavy atom. The van der Waals surface area contributed by atoms with Gasteiger partial charge in [0.1, 0.15) is 11.5 Å². The van der Waals surface area contributed by atoms with E-state index in [9.17, 15) is 9.59 Å². The molecule has 1 fully saturated rings. The van der Waals surface area contributed by atoms with Gasteiger partial charge in [-0.1, -0.05) is 24.3 Å². The summed E-state index contributed by atoms with van der Waals surface area (Å²) >= 11 is 0. The fourth-order valence-corrected chi connectivity index (χ4v) is 6.04. The molecular formula is C31H36N4O6. The van der Waals surface area contributed by atoms with E-state index >= 15 is 0 Å². The molecule has 2 aromatic carbocycles. The van der Waals surface area contributed by atoms with Crippen LogP contribution in [-0.4, -0.2) is 90.9 Å². The van der Waals surface area contributed by atoms with Gasteiger partial charge in [-0.15, -0.1) is 0 Å². The van der Waals surface area contributed by atoms with Gasteiger partial charge >= 0.3 is 11.9 Å². The minimum absolute atomic E-state index is 0.0637. The van der Waals surface area contributed by atoms with Crippen molar-refractivity contribution in [3.05, 3.63) is 64.9 Å². The molecule has 3 aromatic rings. The zero-order valence-electron chi connectivity index (χ0n) is 23.4. The maximum absolute atomic E-state index is 13.5. The summed E-state index contributed by atoms with van der Waals surface area (Å²) in [4.78, 5) is 35.1. The van der Waals surface area contributed by atoms with Gasteiger partial charge in [-0.25, -0.2) is 4.98 Å². The summed E-state index contributed by atoms with van der Waals surface area (Å²) in [6, 6.07) is 12.2. The Kier molecular flexibility index (Phi) is 8.04. The van der Waals surface area contributed by atoms with Crippen molar-refractivity contribution in [2.24, 2.45) is 0 Å². The van der Waals surface area contributed by atoms with Crippen LogP contribution in [-0.2, 0) is 28.9 Å². The molecule has 1 saturated heterocycles. The van der Waals surface area contributed by atoms with E-state index in [2.05, 4.69) is 28.9 Å². The molecule has 0 saturated carbocycles. The van der Waals surface area contributed by atoms with Crippen molar-refractivity contribution in [1.82, 2.24) is 14.8 Å². The third-order valence-electron chi connectivity index (χ3n) is 8.18. The molecule has 0 unspecified atom stereocenters. The average molecular weight is 561 g/mol. The summed E-state index contributed by atoms with van der Waals surface area (Å²) in [6.07, 6.45) is 2.25. The largest absolute Gasteiger partial charge is 0.493 e. The van der Waals surface area contributed by atoms with Crippen molar-refractivity contribution in [2.75, 3.05) is 64.0 Å². The van der Waals surface area contributed by atoms with Crippen molar-refractivity contribution >= 4 is 17.6 Å². The van der Waals surface area contributed by atoms with Gasteiger partial charge < -0.3 is 23.9 Å². The summed E-state index contributed by atoms with van der Waals surface area (Å²) in [5, 5.41) is 9.11. The topological polar surface area (TPSA) is 109 Å². The Bertz CT molecular complexity index is 1430. The van der Waals surface area contributed by atoms with Gasteiger partial charge in [-0.3, -0.25) is 19.4 Å². The molecule has 1 aromatic heterocycles. The minimum Gasteiger partial charge on any atom is -0.493 e. The molecule has 10 heteroatoms. The lowest BCUT2D eigenvalue weighted by atomic mass is 9.94. The van der Waals surface area contributed by atoms with E-state index in [1.54, 1.807) is 9.80 Å². The highest BCUT2D eigenvalue weighted by Crippen LogP contribution is 2.40. The van der Waals surface area contributed by atoms with Crippen LogP contribution >= 0.6 is 0 Å². The molecule has 0 radical (unpaired) electrons. The number of oxazole rings is 1. The fraction of sp³-hybridized carbons (Fsp3) is 0.452. The van der Waals surface area contributed by atoms with Crippen LogP contribution in [0, 0.1) is 6.92 Å². The number of carboxylic acids is 1. The quantitative estimate of drug-likeness (QED) is 0.394. The number of nitrogens with zero attached hydrogens (tertiary/aromatic N) is 4. The zero-order chi connectivity index (χ0) is 28.3. The van der Waals surface area contributed by atoms with Crippen LogP contribution in [0.5, 0.6) is 5.75 Å². The Morgan fingerprint density at radius 3 is 2.63 bits per heavy atom. The Hall–Kier alpha value is -3.73. The number of fused-ring (bicyclic) bond motifs is 2. The van der Waals surface area contributed by atoms with Crippen LogP contribution in [0.2, 0.25) is 0 Å². The summed E-state index contributed by atoms with van der Waals surface area (Å²) in [7, 11) is 0. The van der Waals surface area contributed by atoms with Gasteiger partial charge in [-0.2, -0.15) is 0 Å². The van der Waals surface area contributed by atoms with E-state index < -0.39 is 5.97 Å². The predicted molar refractivity (Wildman–Crippen MR) is 152 cm³/mol. The molecule has 216 valence electrons. The number of carbonyl (C=O) groups excluding carboxylic acids is 1. The molecule has 0 spiro atoms. The number of anilines is 1. The molecule has 0 atom stereocenters. The van der Waals surface area contributed by atoms with Crippen LogP contribution < -0.4 is 9.64 Å². The minimum atomic E-state index is -0.884. The van der Waals surface area contributed by atoms with E-state index in [4.69, 9.17) is 19.0 Å². The highest BCUT2D eigenvalue weighted by atomic mass is 16.5. The van der Waals surface area contributed by atoms with Crippen LogP contribution in [0.1, 0.15) is 39.7 Å². The number of aromatic nitrogens is 1. The smallest absolute Gasteiger partial charge is 0.317 e. The van der Waals surface area contributed by atoms with Gasteiger partial charge in [0.15, 0.2) is 0 Å². The first-order valence-corrected chi connectivity index (χ1v) is 14.4. The number of carbonyl (C=O) groups is 2. The zero-order valence-corrected chi connectivity index (χ0v) is 23.4. The second kappa shape index (κ2) is 12.0. The molecular weight excluding hydrogens is 524 g/mol. The monoisotopic (exact) mass is 560 g/mol. The van der Waals surface area contributed by atoms with Crippen molar-refractivity contribution in [1.29, 1.82) is 0 Å². The molecule has 0 bridgehead atoms. The van der Waals surface area contributed by atoms with Crippen LogP contribution in [0.3, 0.4) is 0 Å². The highest BCUT2D eigenvalue weighted by molar-refractivity contribution is 6.05. The number of hydrogen-bond donors (Lipinski definition) is 1. The summed E-state index contributed by atoms with van der Waals surface area (Å²) in [6.45, 7) is 8.73. The molecule has 3 aliphatic heterocycles. The first kappa shape index (κ1) is 27.4. The number of morpholine rings is 1. The molecule has 3 aliphatic rings. The van der Waals surface area contributed by atoms with Gasteiger partial charge in [-0.05, 0) is 54.2 Å². The second-order valence-corrected chi connectivity index (χ2v) is 10.8. The molecule has 0 aliphatic carbocycles. The maximum Gasteiger partial charge on any atom is 0.317 e. The molecule has 41 heavy (non-hydrogen) atoms. The van der Waals surface area contributed by atoms with Crippen LogP contribution in [0.25, 0.3) is 11.1 Å². The SMILES string of the molecule is Cc1c(OCCCN2CCOCC2)cccc1-c1cccc2c1CCN2C(=O)c1nc2c(o1)CN(CC(=O)O)CC2. The van der Waals surface area contributed by atoms with E-state index in [0.717, 1.165) is 85.1 Å². The average Bonchev–Trinajstić information content (AvgIpc) is 3.60. The lowest BCUT2D eigenvalue weighted by molar-refractivity contribution is -0.138. The van der Waals surface area contributed by atoms with Crippen molar-refractivity contribution in [2.45, 2.75) is 32.7 Å². The lowest BCUT2D eigenvalue weighted by Gasteiger charge is -2.26. The van der Waals surface area contributed by atoms with E-state index in [1.807, 2.05) is 24.3 Å². The number of benzene rings is 2. The number of aliphatic carboxylic acids is 1. The second-order valence-electron chi connectivity index (χ2n) is 10.8. The standard InChI is InChI=1S/C31H36N4O6/c1-21-22(5-3-8-27(21)40-16-4-11-33-14-17-39-18-15-33)23-6-2-7-26-24(23)9-13-35(26)31(38)30-32-25-10-12-34(20-29(36)37)19-28(25)41-30/h2-3,5-8H,4,9-20H2,1H3,(H,36,37).